The number of fused-ring (bicyclic) bond motifs is 1. The van der Waals surface area contributed by atoms with E-state index >= 15 is 0 Å². The highest BCUT2D eigenvalue weighted by molar-refractivity contribution is 5.86. The molecule has 1 atom stereocenters. The number of amides is 1. The van der Waals surface area contributed by atoms with Gasteiger partial charge in [0.05, 0.1) is 0 Å². The number of benzene rings is 2. The Balaban J connectivity index is 2.01. The molecule has 0 saturated heterocycles. The number of nitrogens with one attached hydrogen (secondary N) is 1. The van der Waals surface area contributed by atoms with E-state index in [1.807, 2.05) is 12.1 Å². The minimum atomic E-state index is 0.138. The summed E-state index contributed by atoms with van der Waals surface area (Å²) in [6, 6.07) is 14.8. The maximum atomic E-state index is 12.0. The molecule has 0 bridgehead atoms. The van der Waals surface area contributed by atoms with Gasteiger partial charge >= 0.3 is 0 Å². The topological polar surface area (TPSA) is 29.1 Å². The van der Waals surface area contributed by atoms with Crippen LogP contribution in [0.15, 0.2) is 42.5 Å². The largest absolute Gasteiger partial charge is 0.353 e. The molecule has 0 unspecified atom stereocenters. The molecule has 0 radical (unpaired) electrons. The normalized spacial score (nSPS) is 12.6. The highest BCUT2D eigenvalue weighted by Crippen LogP contribution is 2.19. The lowest BCUT2D eigenvalue weighted by molar-refractivity contribution is -0.121. The molecule has 0 heterocycles. The van der Waals surface area contributed by atoms with Crippen LogP contribution in [0.4, 0.5) is 0 Å². The van der Waals surface area contributed by atoms with Crippen LogP contribution in [-0.2, 0) is 11.2 Å². The molecule has 106 valence electrons. The summed E-state index contributed by atoms with van der Waals surface area (Å²) in [7, 11) is 0. The van der Waals surface area contributed by atoms with Gasteiger partial charge in [0.1, 0.15) is 0 Å². The second kappa shape index (κ2) is 6.56. The Morgan fingerprint density at radius 2 is 1.75 bits per heavy atom. The Bertz CT molecular complexity index is 583. The van der Waals surface area contributed by atoms with Gasteiger partial charge in [-0.15, -0.1) is 0 Å². The molecule has 2 aromatic carbocycles. The van der Waals surface area contributed by atoms with Gasteiger partial charge in [-0.05, 0) is 35.6 Å². The fourth-order valence-corrected chi connectivity index (χ4v) is 2.25. The highest BCUT2D eigenvalue weighted by atomic mass is 16.1. The van der Waals surface area contributed by atoms with Crippen molar-refractivity contribution in [3.8, 4) is 0 Å². The summed E-state index contributed by atoms with van der Waals surface area (Å²) in [5.74, 6) is 0.607. The molecular weight excluding hydrogens is 246 g/mol. The summed E-state index contributed by atoms with van der Waals surface area (Å²) in [4.78, 5) is 12.0. The van der Waals surface area contributed by atoms with Crippen LogP contribution in [0.5, 0.6) is 0 Å². The van der Waals surface area contributed by atoms with Gasteiger partial charge in [-0.1, -0.05) is 56.3 Å². The molecule has 0 aliphatic carbocycles. The number of rotatable bonds is 5. The van der Waals surface area contributed by atoms with Crippen molar-refractivity contribution >= 4 is 16.7 Å². The SMILES string of the molecule is CC(C)[C@H](C)NC(=O)CCc1cccc2ccccc12. The Morgan fingerprint density at radius 3 is 2.50 bits per heavy atom. The van der Waals surface area contributed by atoms with Crippen LogP contribution in [0.25, 0.3) is 10.8 Å². The first-order valence-electron chi connectivity index (χ1n) is 7.34. The summed E-state index contributed by atoms with van der Waals surface area (Å²) < 4.78 is 0. The van der Waals surface area contributed by atoms with E-state index in [4.69, 9.17) is 0 Å². The molecule has 0 aliphatic rings. The van der Waals surface area contributed by atoms with Crippen molar-refractivity contribution in [2.45, 2.75) is 39.7 Å². The molecule has 1 amide bonds. The van der Waals surface area contributed by atoms with Crippen molar-refractivity contribution in [1.29, 1.82) is 0 Å². The van der Waals surface area contributed by atoms with Gasteiger partial charge in [0, 0.05) is 12.5 Å². The Labute approximate surface area is 121 Å². The van der Waals surface area contributed by atoms with E-state index in [1.165, 1.54) is 16.3 Å². The van der Waals surface area contributed by atoms with E-state index in [0.717, 1.165) is 6.42 Å². The quantitative estimate of drug-likeness (QED) is 0.875. The van der Waals surface area contributed by atoms with Gasteiger partial charge in [0.2, 0.25) is 5.91 Å². The first kappa shape index (κ1) is 14.6. The molecule has 0 aromatic heterocycles. The summed E-state index contributed by atoms with van der Waals surface area (Å²) in [5, 5.41) is 5.55. The number of carbonyl (C=O) groups excluding carboxylic acids is 1. The summed E-state index contributed by atoms with van der Waals surface area (Å²) in [6.07, 6.45) is 1.34. The van der Waals surface area contributed by atoms with Gasteiger partial charge in [0.25, 0.3) is 0 Å². The van der Waals surface area contributed by atoms with Gasteiger partial charge in [-0.2, -0.15) is 0 Å². The minimum Gasteiger partial charge on any atom is -0.353 e. The number of hydrogen-bond acceptors (Lipinski definition) is 1. The van der Waals surface area contributed by atoms with Gasteiger partial charge in [-0.25, -0.2) is 0 Å². The standard InChI is InChI=1S/C18H23NO/c1-13(2)14(3)19-18(20)12-11-16-9-6-8-15-7-4-5-10-17(15)16/h4-10,13-14H,11-12H2,1-3H3,(H,19,20)/t14-/m0/s1. The lowest BCUT2D eigenvalue weighted by Crippen LogP contribution is -2.36. The predicted octanol–water partition coefficient (Wildman–Crippen LogP) is 3.93. The third kappa shape index (κ3) is 3.60. The molecule has 2 aromatic rings. The average molecular weight is 269 g/mol. The zero-order valence-electron chi connectivity index (χ0n) is 12.5. The van der Waals surface area contributed by atoms with Crippen LogP contribution >= 0.6 is 0 Å². The third-order valence-corrected chi connectivity index (χ3v) is 3.89. The fraction of sp³-hybridized carbons (Fsp3) is 0.389. The van der Waals surface area contributed by atoms with Gasteiger partial charge < -0.3 is 5.32 Å². The van der Waals surface area contributed by atoms with Crippen LogP contribution in [0, 0.1) is 5.92 Å². The van der Waals surface area contributed by atoms with Gasteiger partial charge in [-0.3, -0.25) is 4.79 Å². The second-order valence-corrected chi connectivity index (χ2v) is 5.74. The molecule has 2 rings (SSSR count). The van der Waals surface area contributed by atoms with E-state index in [0.29, 0.717) is 12.3 Å². The van der Waals surface area contributed by atoms with Crippen LogP contribution in [0.2, 0.25) is 0 Å². The maximum Gasteiger partial charge on any atom is 0.220 e. The number of hydrogen-bond donors (Lipinski definition) is 1. The number of aryl methyl sites for hydroxylation is 1. The second-order valence-electron chi connectivity index (χ2n) is 5.74. The summed E-state index contributed by atoms with van der Waals surface area (Å²) in [6.45, 7) is 6.30. The van der Waals surface area contributed by atoms with Crippen LogP contribution in [-0.4, -0.2) is 11.9 Å². The lowest BCUT2D eigenvalue weighted by atomic mass is 10.0. The smallest absolute Gasteiger partial charge is 0.220 e. The molecule has 0 aliphatic heterocycles. The van der Waals surface area contributed by atoms with E-state index < -0.39 is 0 Å². The molecule has 20 heavy (non-hydrogen) atoms. The number of carbonyl (C=O) groups is 1. The fourth-order valence-electron chi connectivity index (χ4n) is 2.25. The maximum absolute atomic E-state index is 12.0. The highest BCUT2D eigenvalue weighted by Gasteiger charge is 2.11. The predicted molar refractivity (Wildman–Crippen MR) is 84.7 cm³/mol. The van der Waals surface area contributed by atoms with Crippen molar-refractivity contribution in [1.82, 2.24) is 5.32 Å². The lowest BCUT2D eigenvalue weighted by Gasteiger charge is -2.17. The molecule has 2 heteroatoms. The van der Waals surface area contributed by atoms with Crippen LogP contribution in [0.3, 0.4) is 0 Å². The molecule has 0 spiro atoms. The Hall–Kier alpha value is -1.83. The minimum absolute atomic E-state index is 0.138. The molecule has 1 N–H and O–H groups in total. The van der Waals surface area contributed by atoms with Crippen molar-refractivity contribution in [2.24, 2.45) is 5.92 Å². The van der Waals surface area contributed by atoms with E-state index in [1.54, 1.807) is 0 Å². The monoisotopic (exact) mass is 269 g/mol. The summed E-state index contributed by atoms with van der Waals surface area (Å²) in [5.41, 5.74) is 1.25. The zero-order valence-corrected chi connectivity index (χ0v) is 12.5. The van der Waals surface area contributed by atoms with Crippen LogP contribution in [0.1, 0.15) is 32.8 Å². The van der Waals surface area contributed by atoms with Crippen molar-refractivity contribution < 1.29 is 4.79 Å². The van der Waals surface area contributed by atoms with E-state index in [-0.39, 0.29) is 11.9 Å². The third-order valence-electron chi connectivity index (χ3n) is 3.89. The average Bonchev–Trinajstić information content (AvgIpc) is 2.44. The van der Waals surface area contributed by atoms with E-state index in [9.17, 15) is 4.79 Å². The summed E-state index contributed by atoms with van der Waals surface area (Å²) >= 11 is 0. The van der Waals surface area contributed by atoms with Crippen molar-refractivity contribution in [2.75, 3.05) is 0 Å². The first-order valence-corrected chi connectivity index (χ1v) is 7.34. The van der Waals surface area contributed by atoms with E-state index in [2.05, 4.69) is 56.4 Å². The zero-order chi connectivity index (χ0) is 14.5. The molecule has 0 fully saturated rings. The Kier molecular flexibility index (Phi) is 4.78. The molecular formula is C18H23NO. The molecule has 0 saturated carbocycles. The van der Waals surface area contributed by atoms with Crippen LogP contribution < -0.4 is 5.32 Å². The van der Waals surface area contributed by atoms with Crippen molar-refractivity contribution in [3.63, 3.8) is 0 Å². The first-order chi connectivity index (χ1) is 9.58. The Morgan fingerprint density at radius 1 is 1.05 bits per heavy atom. The molecule has 2 nitrogen and oxygen atoms in total. The van der Waals surface area contributed by atoms with Gasteiger partial charge in [0.15, 0.2) is 0 Å². The van der Waals surface area contributed by atoms with Crippen molar-refractivity contribution in [3.05, 3.63) is 48.0 Å².